The van der Waals surface area contributed by atoms with E-state index in [-0.39, 0.29) is 0 Å². The van der Waals surface area contributed by atoms with Gasteiger partial charge in [0.15, 0.2) is 0 Å². The van der Waals surface area contributed by atoms with Crippen LogP contribution < -0.4 is 5.73 Å². The maximum absolute atomic E-state index is 10.0. The second kappa shape index (κ2) is 7.10. The zero-order valence-corrected chi connectivity index (χ0v) is 8.92. The average Bonchev–Trinajstić information content (AvgIpc) is 2.13. The van der Waals surface area contributed by atoms with Crippen LogP contribution in [-0.4, -0.2) is 17.3 Å². The smallest absolute Gasteiger partial charge is 0.0660 e. The summed E-state index contributed by atoms with van der Waals surface area (Å²) in [5.41, 5.74) is 4.91. The fourth-order valence-corrected chi connectivity index (χ4v) is 1.38. The van der Waals surface area contributed by atoms with Crippen molar-refractivity contribution in [2.45, 2.75) is 51.6 Å². The lowest BCUT2D eigenvalue weighted by atomic mass is 9.91. The Balaban J connectivity index is 3.76. The van der Waals surface area contributed by atoms with Crippen molar-refractivity contribution in [1.29, 1.82) is 0 Å². The molecule has 0 spiro atoms. The zero-order valence-electron chi connectivity index (χ0n) is 8.92. The quantitative estimate of drug-likeness (QED) is 0.597. The predicted molar refractivity (Wildman–Crippen MR) is 57.6 cm³/mol. The molecule has 13 heavy (non-hydrogen) atoms. The fraction of sp³-hybridized carbons (Fsp3) is 0.818. The standard InChI is InChI=1S/C11H23NO/c1-3-5-6-7-8-11(13,4-2)9-10-12/h5-6,13H,3-4,7-10,12H2,1-2H3/b6-5+/t11-/m1/s1. The van der Waals surface area contributed by atoms with E-state index in [1.54, 1.807) is 0 Å². The SMILES string of the molecule is CC/C=C/CC[C@](O)(CC)CCN. The van der Waals surface area contributed by atoms with Gasteiger partial charge in [-0.05, 0) is 38.6 Å². The summed E-state index contributed by atoms with van der Waals surface area (Å²) in [7, 11) is 0. The highest BCUT2D eigenvalue weighted by Gasteiger charge is 2.21. The Hall–Kier alpha value is -0.340. The molecule has 0 fully saturated rings. The Morgan fingerprint density at radius 2 is 1.92 bits per heavy atom. The van der Waals surface area contributed by atoms with Crippen molar-refractivity contribution < 1.29 is 5.11 Å². The molecule has 78 valence electrons. The van der Waals surface area contributed by atoms with Gasteiger partial charge in [0.1, 0.15) is 0 Å². The average molecular weight is 185 g/mol. The maximum atomic E-state index is 10.0. The molecule has 0 radical (unpaired) electrons. The summed E-state index contributed by atoms with van der Waals surface area (Å²) in [6.45, 7) is 4.70. The molecule has 0 aliphatic rings. The Morgan fingerprint density at radius 1 is 1.23 bits per heavy atom. The van der Waals surface area contributed by atoms with Gasteiger partial charge in [-0.1, -0.05) is 26.0 Å². The molecule has 0 aromatic carbocycles. The summed E-state index contributed by atoms with van der Waals surface area (Å²) in [4.78, 5) is 0. The van der Waals surface area contributed by atoms with E-state index in [1.165, 1.54) is 0 Å². The molecule has 2 nitrogen and oxygen atoms in total. The molecule has 0 saturated carbocycles. The summed E-state index contributed by atoms with van der Waals surface area (Å²) in [6, 6.07) is 0. The number of allylic oxidation sites excluding steroid dienone is 2. The summed E-state index contributed by atoms with van der Waals surface area (Å²) in [6.07, 6.45) is 8.64. The summed E-state index contributed by atoms with van der Waals surface area (Å²) >= 11 is 0. The lowest BCUT2D eigenvalue weighted by Crippen LogP contribution is -2.30. The Bertz CT molecular complexity index is 145. The molecule has 0 aromatic heterocycles. The molecule has 0 aromatic rings. The van der Waals surface area contributed by atoms with Crippen LogP contribution >= 0.6 is 0 Å². The molecule has 0 unspecified atom stereocenters. The highest BCUT2D eigenvalue weighted by atomic mass is 16.3. The third kappa shape index (κ3) is 5.83. The molecule has 0 saturated heterocycles. The Morgan fingerprint density at radius 3 is 2.38 bits per heavy atom. The minimum Gasteiger partial charge on any atom is -0.390 e. The lowest BCUT2D eigenvalue weighted by molar-refractivity contribution is 0.0223. The largest absolute Gasteiger partial charge is 0.390 e. The van der Waals surface area contributed by atoms with Crippen molar-refractivity contribution >= 4 is 0 Å². The van der Waals surface area contributed by atoms with Crippen LogP contribution in [0, 0.1) is 0 Å². The first-order chi connectivity index (χ1) is 6.18. The maximum Gasteiger partial charge on any atom is 0.0660 e. The van der Waals surface area contributed by atoms with Crippen molar-refractivity contribution in [3.63, 3.8) is 0 Å². The molecule has 0 bridgehead atoms. The molecule has 0 aliphatic heterocycles. The number of aliphatic hydroxyl groups is 1. The van der Waals surface area contributed by atoms with Crippen LogP contribution in [-0.2, 0) is 0 Å². The monoisotopic (exact) mass is 185 g/mol. The first-order valence-electron chi connectivity index (χ1n) is 5.26. The van der Waals surface area contributed by atoms with Crippen LogP contribution in [0.1, 0.15) is 46.0 Å². The van der Waals surface area contributed by atoms with E-state index < -0.39 is 5.60 Å². The first kappa shape index (κ1) is 12.7. The molecule has 0 rings (SSSR count). The number of nitrogens with two attached hydrogens (primary N) is 1. The van der Waals surface area contributed by atoms with Crippen LogP contribution in [0.3, 0.4) is 0 Å². The molecule has 3 N–H and O–H groups in total. The predicted octanol–water partition coefficient (Wildman–Crippen LogP) is 2.22. The fourth-order valence-electron chi connectivity index (χ4n) is 1.38. The minimum absolute atomic E-state index is 0.535. The van der Waals surface area contributed by atoms with E-state index >= 15 is 0 Å². The second-order valence-electron chi connectivity index (χ2n) is 3.53. The van der Waals surface area contributed by atoms with Crippen LogP contribution in [0.25, 0.3) is 0 Å². The molecule has 2 heteroatoms. The highest BCUT2D eigenvalue weighted by Crippen LogP contribution is 2.20. The Labute approximate surface area is 81.8 Å². The van der Waals surface area contributed by atoms with Gasteiger partial charge in [0.05, 0.1) is 5.60 Å². The van der Waals surface area contributed by atoms with Gasteiger partial charge in [-0.15, -0.1) is 0 Å². The van der Waals surface area contributed by atoms with Crippen LogP contribution in [0.5, 0.6) is 0 Å². The van der Waals surface area contributed by atoms with Crippen molar-refractivity contribution in [2.75, 3.05) is 6.54 Å². The lowest BCUT2D eigenvalue weighted by Gasteiger charge is -2.25. The van der Waals surface area contributed by atoms with Crippen molar-refractivity contribution in [2.24, 2.45) is 5.73 Å². The molecule has 0 aliphatic carbocycles. The second-order valence-corrected chi connectivity index (χ2v) is 3.53. The van der Waals surface area contributed by atoms with Crippen LogP contribution in [0.15, 0.2) is 12.2 Å². The van der Waals surface area contributed by atoms with E-state index in [9.17, 15) is 5.11 Å². The molecular weight excluding hydrogens is 162 g/mol. The first-order valence-corrected chi connectivity index (χ1v) is 5.26. The van der Waals surface area contributed by atoms with Gasteiger partial charge in [-0.3, -0.25) is 0 Å². The topological polar surface area (TPSA) is 46.2 Å². The minimum atomic E-state index is -0.535. The number of hydrogen-bond acceptors (Lipinski definition) is 2. The van der Waals surface area contributed by atoms with E-state index in [0.29, 0.717) is 13.0 Å². The third-order valence-corrected chi connectivity index (χ3v) is 2.45. The normalized spacial score (nSPS) is 16.3. The zero-order chi connectivity index (χ0) is 10.2. The van der Waals surface area contributed by atoms with Crippen molar-refractivity contribution in [3.8, 4) is 0 Å². The van der Waals surface area contributed by atoms with Gasteiger partial charge < -0.3 is 10.8 Å². The van der Waals surface area contributed by atoms with Gasteiger partial charge in [-0.2, -0.15) is 0 Å². The van der Waals surface area contributed by atoms with Crippen LogP contribution in [0.2, 0.25) is 0 Å². The summed E-state index contributed by atoms with van der Waals surface area (Å²) in [5, 5.41) is 10.0. The van der Waals surface area contributed by atoms with Crippen LogP contribution in [0.4, 0.5) is 0 Å². The van der Waals surface area contributed by atoms with E-state index in [0.717, 1.165) is 25.7 Å². The summed E-state index contributed by atoms with van der Waals surface area (Å²) in [5.74, 6) is 0. The van der Waals surface area contributed by atoms with Crippen molar-refractivity contribution in [1.82, 2.24) is 0 Å². The molecule has 1 atom stereocenters. The number of rotatable bonds is 7. The van der Waals surface area contributed by atoms with E-state index in [2.05, 4.69) is 19.1 Å². The van der Waals surface area contributed by atoms with Crippen molar-refractivity contribution in [3.05, 3.63) is 12.2 Å². The molecule has 0 amide bonds. The van der Waals surface area contributed by atoms with Gasteiger partial charge in [0.25, 0.3) is 0 Å². The van der Waals surface area contributed by atoms with E-state index in [1.807, 2.05) is 6.92 Å². The summed E-state index contributed by atoms with van der Waals surface area (Å²) < 4.78 is 0. The Kier molecular flexibility index (Phi) is 6.92. The van der Waals surface area contributed by atoms with E-state index in [4.69, 9.17) is 5.73 Å². The third-order valence-electron chi connectivity index (χ3n) is 2.45. The highest BCUT2D eigenvalue weighted by molar-refractivity contribution is 4.85. The van der Waals surface area contributed by atoms with Gasteiger partial charge in [0, 0.05) is 0 Å². The number of hydrogen-bond donors (Lipinski definition) is 2. The van der Waals surface area contributed by atoms with Gasteiger partial charge in [0.2, 0.25) is 0 Å². The van der Waals surface area contributed by atoms with Gasteiger partial charge >= 0.3 is 0 Å². The van der Waals surface area contributed by atoms with Gasteiger partial charge in [-0.25, -0.2) is 0 Å². The molecular formula is C11H23NO. The molecule has 0 heterocycles.